The second kappa shape index (κ2) is 5.90. The van der Waals surface area contributed by atoms with E-state index in [9.17, 15) is 14.0 Å². The Hall–Kier alpha value is -2.11. The molecule has 6 heteroatoms. The van der Waals surface area contributed by atoms with E-state index in [0.29, 0.717) is 19.5 Å². The minimum atomic E-state index is -0.753. The zero-order valence-corrected chi connectivity index (χ0v) is 11.2. The van der Waals surface area contributed by atoms with Crippen molar-refractivity contribution in [2.24, 2.45) is 5.92 Å². The molecule has 1 unspecified atom stereocenters. The number of nitrogens with zero attached hydrogens (tertiary/aromatic N) is 1. The Bertz CT molecular complexity index is 533. The number of phenolic OH excluding ortho intramolecular Hbond substituents is 1. The van der Waals surface area contributed by atoms with Crippen molar-refractivity contribution in [2.45, 2.75) is 12.8 Å². The molecule has 1 aromatic rings. The fourth-order valence-electron chi connectivity index (χ4n) is 2.43. The summed E-state index contributed by atoms with van der Waals surface area (Å²) in [6, 6.07) is 3.44. The zero-order chi connectivity index (χ0) is 14.7. The van der Waals surface area contributed by atoms with E-state index in [-0.39, 0.29) is 23.1 Å². The number of hydrogen-bond acceptors (Lipinski definition) is 3. The van der Waals surface area contributed by atoms with Crippen LogP contribution in [0.5, 0.6) is 5.75 Å². The van der Waals surface area contributed by atoms with Crippen LogP contribution in [0.25, 0.3) is 0 Å². The molecule has 1 aliphatic heterocycles. The first-order valence-electron chi connectivity index (χ1n) is 6.52. The smallest absolute Gasteiger partial charge is 0.256 e. The van der Waals surface area contributed by atoms with Crippen molar-refractivity contribution in [1.29, 1.82) is 0 Å². The van der Waals surface area contributed by atoms with E-state index in [0.717, 1.165) is 12.5 Å². The number of carbonyl (C=O) groups excluding carboxylic acids is 2. The molecule has 2 N–H and O–H groups in total. The number of hydrogen-bond donors (Lipinski definition) is 2. The molecule has 108 valence electrons. The maximum atomic E-state index is 13.7. The van der Waals surface area contributed by atoms with Gasteiger partial charge < -0.3 is 15.3 Å². The summed E-state index contributed by atoms with van der Waals surface area (Å²) < 4.78 is 13.7. The van der Waals surface area contributed by atoms with Crippen LogP contribution in [-0.4, -0.2) is 42.0 Å². The Balaban J connectivity index is 2.14. The van der Waals surface area contributed by atoms with Crippen molar-refractivity contribution in [3.63, 3.8) is 0 Å². The lowest BCUT2D eigenvalue weighted by molar-refractivity contribution is -0.125. The molecule has 0 aliphatic carbocycles. The van der Waals surface area contributed by atoms with Gasteiger partial charge in [0.05, 0.1) is 11.5 Å². The van der Waals surface area contributed by atoms with Crippen LogP contribution < -0.4 is 5.32 Å². The molecular formula is C14H17FN2O3. The number of nitrogens with one attached hydrogen (secondary N) is 1. The third kappa shape index (κ3) is 2.89. The van der Waals surface area contributed by atoms with Crippen molar-refractivity contribution in [1.82, 2.24) is 10.2 Å². The molecule has 0 radical (unpaired) electrons. The van der Waals surface area contributed by atoms with Crippen molar-refractivity contribution >= 4 is 11.8 Å². The van der Waals surface area contributed by atoms with Gasteiger partial charge in [0.15, 0.2) is 0 Å². The van der Waals surface area contributed by atoms with Gasteiger partial charge in [0.25, 0.3) is 5.91 Å². The summed E-state index contributed by atoms with van der Waals surface area (Å²) in [5.41, 5.74) is -0.0830. The summed E-state index contributed by atoms with van der Waals surface area (Å²) in [5, 5.41) is 11.7. The van der Waals surface area contributed by atoms with Crippen LogP contribution in [-0.2, 0) is 4.79 Å². The summed E-state index contributed by atoms with van der Waals surface area (Å²) in [6.07, 6.45) is 1.44. The molecule has 5 nitrogen and oxygen atoms in total. The van der Waals surface area contributed by atoms with Crippen molar-refractivity contribution < 1.29 is 19.1 Å². The van der Waals surface area contributed by atoms with Crippen LogP contribution >= 0.6 is 0 Å². The number of piperidine rings is 1. The highest BCUT2D eigenvalue weighted by atomic mass is 19.1. The van der Waals surface area contributed by atoms with Gasteiger partial charge in [0.2, 0.25) is 5.91 Å². The number of rotatable bonds is 2. The van der Waals surface area contributed by atoms with Crippen molar-refractivity contribution in [3.8, 4) is 5.75 Å². The molecule has 0 saturated carbocycles. The molecule has 0 bridgehead atoms. The molecule has 1 aliphatic rings. The highest BCUT2D eigenvalue weighted by Crippen LogP contribution is 2.21. The average molecular weight is 280 g/mol. The van der Waals surface area contributed by atoms with Crippen LogP contribution in [0.15, 0.2) is 18.2 Å². The molecule has 1 saturated heterocycles. The van der Waals surface area contributed by atoms with Gasteiger partial charge in [-0.3, -0.25) is 9.59 Å². The summed E-state index contributed by atoms with van der Waals surface area (Å²) >= 11 is 0. The predicted molar refractivity (Wildman–Crippen MR) is 70.8 cm³/mol. The Labute approximate surface area is 116 Å². The lowest BCUT2D eigenvalue weighted by Crippen LogP contribution is -2.45. The monoisotopic (exact) mass is 280 g/mol. The third-order valence-electron chi connectivity index (χ3n) is 3.51. The molecule has 2 amide bonds. The van der Waals surface area contributed by atoms with Crippen LogP contribution in [0.4, 0.5) is 4.39 Å². The maximum Gasteiger partial charge on any atom is 0.256 e. The summed E-state index contributed by atoms with van der Waals surface area (Å²) in [6.45, 7) is 0.797. The first-order valence-corrected chi connectivity index (χ1v) is 6.52. The van der Waals surface area contributed by atoms with Gasteiger partial charge in [-0.1, -0.05) is 0 Å². The lowest BCUT2D eigenvalue weighted by atomic mass is 9.96. The number of aromatic hydroxyl groups is 1. The molecule has 2 rings (SSSR count). The number of amides is 2. The van der Waals surface area contributed by atoms with Gasteiger partial charge >= 0.3 is 0 Å². The molecule has 1 heterocycles. The third-order valence-corrected chi connectivity index (χ3v) is 3.51. The minimum Gasteiger partial charge on any atom is -0.508 e. The molecule has 0 spiro atoms. The maximum absolute atomic E-state index is 13.7. The van der Waals surface area contributed by atoms with E-state index >= 15 is 0 Å². The Morgan fingerprint density at radius 3 is 2.85 bits per heavy atom. The largest absolute Gasteiger partial charge is 0.508 e. The first-order chi connectivity index (χ1) is 9.52. The Kier molecular flexibility index (Phi) is 4.22. The highest BCUT2D eigenvalue weighted by molar-refractivity contribution is 5.95. The molecule has 1 fully saturated rings. The first kappa shape index (κ1) is 14.3. The molecule has 1 aromatic carbocycles. The average Bonchev–Trinajstić information content (AvgIpc) is 2.46. The second-order valence-corrected chi connectivity index (χ2v) is 4.87. The number of carbonyl (C=O) groups is 2. The number of likely N-dealkylation sites (tertiary alicyclic amines) is 1. The SMILES string of the molecule is CNC(=O)C1CCCN(C(=O)c2ccc(O)cc2F)C1. The Morgan fingerprint density at radius 1 is 1.45 bits per heavy atom. The fourth-order valence-corrected chi connectivity index (χ4v) is 2.43. The molecular weight excluding hydrogens is 263 g/mol. The summed E-state index contributed by atoms with van der Waals surface area (Å²) in [4.78, 5) is 25.4. The normalized spacial score (nSPS) is 18.7. The quantitative estimate of drug-likeness (QED) is 0.853. The van der Waals surface area contributed by atoms with E-state index in [1.54, 1.807) is 7.05 Å². The van der Waals surface area contributed by atoms with Gasteiger partial charge in [0, 0.05) is 26.2 Å². The van der Waals surface area contributed by atoms with Crippen LogP contribution in [0.3, 0.4) is 0 Å². The molecule has 1 atom stereocenters. The van der Waals surface area contributed by atoms with E-state index in [1.165, 1.54) is 17.0 Å². The highest BCUT2D eigenvalue weighted by Gasteiger charge is 2.29. The topological polar surface area (TPSA) is 69.6 Å². The van der Waals surface area contributed by atoms with E-state index in [4.69, 9.17) is 5.11 Å². The molecule has 0 aromatic heterocycles. The Morgan fingerprint density at radius 2 is 2.20 bits per heavy atom. The number of phenols is 1. The van der Waals surface area contributed by atoms with Gasteiger partial charge in [0.1, 0.15) is 11.6 Å². The zero-order valence-electron chi connectivity index (χ0n) is 11.2. The standard InChI is InChI=1S/C14H17FN2O3/c1-16-13(19)9-3-2-6-17(8-9)14(20)11-5-4-10(18)7-12(11)15/h4-5,7,9,18H,2-3,6,8H2,1H3,(H,16,19). The van der Waals surface area contributed by atoms with Crippen LogP contribution in [0.2, 0.25) is 0 Å². The van der Waals surface area contributed by atoms with E-state index in [1.807, 2.05) is 0 Å². The van der Waals surface area contributed by atoms with Gasteiger partial charge in [-0.15, -0.1) is 0 Å². The van der Waals surface area contributed by atoms with E-state index < -0.39 is 11.7 Å². The van der Waals surface area contributed by atoms with Gasteiger partial charge in [-0.2, -0.15) is 0 Å². The minimum absolute atomic E-state index is 0.0830. The van der Waals surface area contributed by atoms with Crippen molar-refractivity contribution in [3.05, 3.63) is 29.6 Å². The predicted octanol–water partition coefficient (Wildman–Crippen LogP) is 1.13. The number of halogens is 1. The van der Waals surface area contributed by atoms with Crippen molar-refractivity contribution in [2.75, 3.05) is 20.1 Å². The summed E-state index contributed by atoms with van der Waals surface area (Å²) in [7, 11) is 1.56. The van der Waals surface area contributed by atoms with Crippen LogP contribution in [0, 0.1) is 11.7 Å². The fraction of sp³-hybridized carbons (Fsp3) is 0.429. The number of benzene rings is 1. The second-order valence-electron chi connectivity index (χ2n) is 4.87. The molecule has 20 heavy (non-hydrogen) atoms. The summed E-state index contributed by atoms with van der Waals surface area (Å²) in [5.74, 6) is -1.78. The van der Waals surface area contributed by atoms with Gasteiger partial charge in [-0.25, -0.2) is 4.39 Å². The lowest BCUT2D eigenvalue weighted by Gasteiger charge is -2.32. The van der Waals surface area contributed by atoms with E-state index in [2.05, 4.69) is 5.32 Å². The van der Waals surface area contributed by atoms with Gasteiger partial charge in [-0.05, 0) is 25.0 Å². The van der Waals surface area contributed by atoms with Crippen LogP contribution in [0.1, 0.15) is 23.2 Å².